The lowest BCUT2D eigenvalue weighted by molar-refractivity contribution is 0.669. The number of fused-ring (bicyclic) bond motifs is 6. The molecule has 0 aliphatic heterocycles. The van der Waals surface area contributed by atoms with E-state index in [2.05, 4.69) is 0 Å². The van der Waals surface area contributed by atoms with Gasteiger partial charge in [-0.15, -0.1) is 0 Å². The maximum absolute atomic E-state index is 9.10. The average molecular weight is 650 g/mol. The molecule has 0 saturated heterocycles. The summed E-state index contributed by atoms with van der Waals surface area (Å²) in [5, 5.41) is 2.53. The molecule has 0 unspecified atom stereocenters. The first-order valence-corrected chi connectivity index (χ1v) is 16.0. The van der Waals surface area contributed by atoms with Gasteiger partial charge >= 0.3 is 0 Å². The zero-order valence-corrected chi connectivity index (χ0v) is 26.2. The predicted octanol–water partition coefficient (Wildman–Crippen LogP) is 11.5. The van der Waals surface area contributed by atoms with E-state index >= 15 is 0 Å². The van der Waals surface area contributed by atoms with Gasteiger partial charge in [-0.1, -0.05) is 127 Å². The summed E-state index contributed by atoms with van der Waals surface area (Å²) < 4.78 is 85.2. The molecule has 3 aromatic heterocycles. The van der Waals surface area contributed by atoms with Gasteiger partial charge in [0, 0.05) is 38.4 Å². The van der Waals surface area contributed by atoms with Crippen molar-refractivity contribution in [3.63, 3.8) is 0 Å². The van der Waals surface area contributed by atoms with Crippen LogP contribution in [0.1, 0.15) is 12.3 Å². The molecule has 0 N–H and O–H groups in total. The van der Waals surface area contributed by atoms with Crippen LogP contribution in [0.2, 0.25) is 0 Å². The van der Waals surface area contributed by atoms with E-state index in [9.17, 15) is 0 Å². The molecular weight excluding hydrogens is 613 g/mol. The maximum Gasteiger partial charge on any atom is 0.167 e. The Labute approximate surface area is 300 Å². The lowest BCUT2D eigenvalue weighted by Crippen LogP contribution is -2.01. The molecule has 0 saturated carbocycles. The summed E-state index contributed by atoms with van der Waals surface area (Å²) in [5.41, 5.74) is 5.00. The van der Waals surface area contributed by atoms with Gasteiger partial charge in [0.25, 0.3) is 0 Å². The average Bonchev–Trinajstić information content (AvgIpc) is 3.83. The number of rotatable bonds is 5. The predicted molar refractivity (Wildman–Crippen MR) is 203 cm³/mol. The van der Waals surface area contributed by atoms with Gasteiger partial charge in [0.15, 0.2) is 17.5 Å². The second-order valence-corrected chi connectivity index (χ2v) is 11.8. The molecule has 0 bridgehead atoms. The zero-order valence-electron chi connectivity index (χ0n) is 35.2. The SMILES string of the molecule is [2H]c1c([2H])c([2H])c(-c2ccc3c(c2)c2c([2H])c([2H])c([2H])c([2H])c2n3-c2cccc(-c3nc(-c4ccccc4)nc(-c4cccc5c4oc4ccccc45)n3)c2)c([2H])c1[2H]. The van der Waals surface area contributed by atoms with Gasteiger partial charge in [-0.2, -0.15) is 0 Å². The van der Waals surface area contributed by atoms with E-state index in [-0.39, 0.29) is 40.6 Å². The van der Waals surface area contributed by atoms with E-state index in [1.807, 2.05) is 97.1 Å². The van der Waals surface area contributed by atoms with Crippen molar-refractivity contribution in [2.24, 2.45) is 0 Å². The number of aromatic nitrogens is 4. The topological polar surface area (TPSA) is 56.7 Å². The highest BCUT2D eigenvalue weighted by molar-refractivity contribution is 6.11. The number of para-hydroxylation sites is 3. The molecule has 0 atom stereocenters. The van der Waals surface area contributed by atoms with Gasteiger partial charge in [-0.05, 0) is 53.6 Å². The quantitative estimate of drug-likeness (QED) is 0.186. The summed E-state index contributed by atoms with van der Waals surface area (Å²) in [6.45, 7) is 0. The molecule has 5 heteroatoms. The van der Waals surface area contributed by atoms with Crippen LogP contribution in [0.15, 0.2) is 174 Å². The van der Waals surface area contributed by atoms with Crippen LogP contribution >= 0.6 is 0 Å². The highest BCUT2D eigenvalue weighted by atomic mass is 16.3. The van der Waals surface area contributed by atoms with Crippen LogP contribution < -0.4 is 0 Å². The molecule has 234 valence electrons. The number of nitrogens with zero attached hydrogens (tertiary/aromatic N) is 4. The molecule has 3 heterocycles. The Bertz CT molecular complexity index is 3370. The summed E-state index contributed by atoms with van der Waals surface area (Å²) in [5.74, 6) is 1.19. The molecular formula is C45H28N4O. The Kier molecular flexibility index (Phi) is 4.67. The monoisotopic (exact) mass is 649 g/mol. The molecule has 0 spiro atoms. The van der Waals surface area contributed by atoms with Crippen LogP contribution in [0, 0.1) is 0 Å². The van der Waals surface area contributed by atoms with Gasteiger partial charge in [0.1, 0.15) is 11.2 Å². The minimum Gasteiger partial charge on any atom is -0.455 e. The summed E-state index contributed by atoms with van der Waals surface area (Å²) in [6.07, 6.45) is 0. The number of hydrogen-bond acceptors (Lipinski definition) is 4. The molecule has 0 fully saturated rings. The summed E-state index contributed by atoms with van der Waals surface area (Å²) in [4.78, 5) is 14.9. The Morgan fingerprint density at radius 2 is 1.18 bits per heavy atom. The van der Waals surface area contributed by atoms with Crippen LogP contribution in [-0.2, 0) is 0 Å². The number of hydrogen-bond donors (Lipinski definition) is 0. The molecule has 50 heavy (non-hydrogen) atoms. The lowest BCUT2D eigenvalue weighted by atomic mass is 10.0. The Hall–Kier alpha value is -6.85. The third-order valence-corrected chi connectivity index (χ3v) is 8.86. The highest BCUT2D eigenvalue weighted by Crippen LogP contribution is 2.38. The van der Waals surface area contributed by atoms with Crippen molar-refractivity contribution in [2.75, 3.05) is 0 Å². The van der Waals surface area contributed by atoms with E-state index < -0.39 is 30.2 Å². The van der Waals surface area contributed by atoms with Crippen LogP contribution in [-0.4, -0.2) is 19.5 Å². The Balaban J connectivity index is 1.21. The lowest BCUT2D eigenvalue weighted by Gasteiger charge is -2.12. The number of benzene rings is 7. The van der Waals surface area contributed by atoms with Crippen LogP contribution in [0.5, 0.6) is 0 Å². The number of furan rings is 1. The Morgan fingerprint density at radius 1 is 0.460 bits per heavy atom. The van der Waals surface area contributed by atoms with Crippen LogP contribution in [0.25, 0.3) is 94.7 Å². The van der Waals surface area contributed by atoms with Crippen molar-refractivity contribution in [1.82, 2.24) is 19.5 Å². The van der Waals surface area contributed by atoms with Gasteiger partial charge in [0.05, 0.1) is 28.9 Å². The van der Waals surface area contributed by atoms with Crippen molar-refractivity contribution < 1.29 is 16.8 Å². The van der Waals surface area contributed by atoms with E-state index in [1.54, 1.807) is 22.8 Å². The fourth-order valence-electron chi connectivity index (χ4n) is 6.59. The molecule has 0 amide bonds. The van der Waals surface area contributed by atoms with Gasteiger partial charge in [-0.25, -0.2) is 15.0 Å². The first kappa shape index (κ1) is 20.5. The minimum absolute atomic E-state index is 0.0140. The molecule has 7 aromatic carbocycles. The molecule has 0 radical (unpaired) electrons. The third-order valence-electron chi connectivity index (χ3n) is 8.86. The Morgan fingerprint density at radius 3 is 2.08 bits per heavy atom. The van der Waals surface area contributed by atoms with Crippen LogP contribution in [0.3, 0.4) is 0 Å². The first-order valence-electron chi connectivity index (χ1n) is 20.5. The molecule has 10 rings (SSSR count). The molecule has 5 nitrogen and oxygen atoms in total. The van der Waals surface area contributed by atoms with E-state index in [4.69, 9.17) is 31.7 Å². The summed E-state index contributed by atoms with van der Waals surface area (Å²) >= 11 is 0. The van der Waals surface area contributed by atoms with Crippen molar-refractivity contribution >= 4 is 43.7 Å². The summed E-state index contributed by atoms with van der Waals surface area (Å²) in [7, 11) is 0. The van der Waals surface area contributed by atoms with Gasteiger partial charge in [0.2, 0.25) is 0 Å². The smallest absolute Gasteiger partial charge is 0.167 e. The largest absolute Gasteiger partial charge is 0.455 e. The first-order chi connectivity index (χ1) is 28.5. The standard InChI is InChI=1S/C45H28N4O/c1-3-13-29(14-4-1)31-25-26-40-38(28-31)34-19-7-9-23-39(34)49(40)33-18-11-17-32(27-33)44-46-43(30-15-5-2-6-16-30)47-45(48-44)37-22-12-21-36-35-20-8-10-24-41(35)50-42(36)37/h1-28H/i1D,3D,4D,7D,9D,13D,14D,19D,23D. The van der Waals surface area contributed by atoms with Crippen molar-refractivity contribution in [1.29, 1.82) is 0 Å². The van der Waals surface area contributed by atoms with Crippen LogP contribution in [0.4, 0.5) is 0 Å². The van der Waals surface area contributed by atoms with Gasteiger partial charge < -0.3 is 8.98 Å². The fourth-order valence-corrected chi connectivity index (χ4v) is 6.59. The fraction of sp³-hybridized carbons (Fsp3) is 0. The minimum atomic E-state index is -0.511. The van der Waals surface area contributed by atoms with Crippen molar-refractivity contribution in [3.05, 3.63) is 170 Å². The van der Waals surface area contributed by atoms with Crippen molar-refractivity contribution in [2.45, 2.75) is 0 Å². The second-order valence-electron chi connectivity index (χ2n) is 11.8. The maximum atomic E-state index is 9.10. The van der Waals surface area contributed by atoms with E-state index in [0.717, 1.165) is 21.9 Å². The highest BCUT2D eigenvalue weighted by Gasteiger charge is 2.19. The second kappa shape index (κ2) is 11.4. The van der Waals surface area contributed by atoms with Gasteiger partial charge in [-0.3, -0.25) is 0 Å². The van der Waals surface area contributed by atoms with E-state index in [0.29, 0.717) is 56.3 Å². The normalized spacial score (nSPS) is 14.1. The summed E-state index contributed by atoms with van der Waals surface area (Å²) in [6, 6.07) is 32.0. The molecule has 0 aliphatic rings. The zero-order chi connectivity index (χ0) is 40.9. The molecule has 0 aliphatic carbocycles. The van der Waals surface area contributed by atoms with Crippen molar-refractivity contribution in [3.8, 4) is 51.0 Å². The third kappa shape index (κ3) is 4.60. The van der Waals surface area contributed by atoms with E-state index in [1.165, 1.54) is 0 Å². The molecule has 10 aromatic rings.